The van der Waals surface area contributed by atoms with Crippen LogP contribution in [0, 0.1) is 0 Å². The van der Waals surface area contributed by atoms with Crippen LogP contribution in [0.1, 0.15) is 26.3 Å². The second-order valence-corrected chi connectivity index (χ2v) is 8.36. The average Bonchev–Trinajstić information content (AvgIpc) is 3.08. The van der Waals surface area contributed by atoms with Gasteiger partial charge in [0.05, 0.1) is 21.8 Å². The number of rotatable bonds is 7. The maximum absolute atomic E-state index is 13.1. The Labute approximate surface area is 205 Å². The second-order valence-electron chi connectivity index (χ2n) is 7.51. The topological polar surface area (TPSA) is 92.8 Å². The molecular weight excluding hydrogens is 479 g/mol. The zero-order valence-corrected chi connectivity index (χ0v) is 19.2. The number of fused-ring (bicyclic) bond motifs is 1. The molecule has 1 aliphatic heterocycles. The Balaban J connectivity index is 1.51. The number of esters is 1. The lowest BCUT2D eigenvalue weighted by atomic mass is 10.0. The molecule has 1 heterocycles. The van der Waals surface area contributed by atoms with Crippen molar-refractivity contribution in [1.29, 1.82) is 0 Å². The minimum atomic E-state index is -1.25. The van der Waals surface area contributed by atoms with Crippen LogP contribution in [-0.2, 0) is 20.7 Å². The highest BCUT2D eigenvalue weighted by Crippen LogP contribution is 2.27. The molecule has 0 unspecified atom stereocenters. The summed E-state index contributed by atoms with van der Waals surface area (Å²) >= 11 is 11.9. The van der Waals surface area contributed by atoms with Crippen molar-refractivity contribution in [3.63, 3.8) is 0 Å². The van der Waals surface area contributed by atoms with Crippen molar-refractivity contribution in [3.8, 4) is 0 Å². The molecule has 0 aromatic heterocycles. The van der Waals surface area contributed by atoms with E-state index in [0.29, 0.717) is 10.7 Å². The van der Waals surface area contributed by atoms with Crippen molar-refractivity contribution < 1.29 is 23.9 Å². The van der Waals surface area contributed by atoms with E-state index in [2.05, 4.69) is 5.32 Å². The number of nitrogens with one attached hydrogen (secondary N) is 1. The van der Waals surface area contributed by atoms with Gasteiger partial charge in [0.2, 0.25) is 0 Å². The van der Waals surface area contributed by atoms with Crippen molar-refractivity contribution in [2.75, 3.05) is 11.9 Å². The van der Waals surface area contributed by atoms with Crippen LogP contribution in [-0.4, -0.2) is 41.2 Å². The standard InChI is InChI=1S/C25H18Cl2N2O5/c26-16-10-11-20(19(27)13-16)28-22(30)14-34-25(33)21(12-15-6-2-1-3-7-15)29-23(31)17-8-4-5-9-18(17)24(29)32/h1-11,13,21H,12,14H2,(H,28,30)/t21-/m1/s1. The Hall–Kier alpha value is -3.68. The van der Waals surface area contributed by atoms with E-state index in [4.69, 9.17) is 27.9 Å². The summed E-state index contributed by atoms with van der Waals surface area (Å²) in [6.07, 6.45) is 0.0375. The van der Waals surface area contributed by atoms with Crippen LogP contribution in [0.15, 0.2) is 72.8 Å². The van der Waals surface area contributed by atoms with Crippen LogP contribution < -0.4 is 5.32 Å². The Morgan fingerprint density at radius 3 is 2.12 bits per heavy atom. The Bertz CT molecular complexity index is 1240. The summed E-state index contributed by atoms with van der Waals surface area (Å²) in [5.74, 6) is -2.69. The van der Waals surface area contributed by atoms with E-state index in [1.165, 1.54) is 24.3 Å². The van der Waals surface area contributed by atoms with Crippen molar-refractivity contribution in [2.24, 2.45) is 0 Å². The quantitative estimate of drug-likeness (QED) is 0.386. The molecule has 7 nitrogen and oxygen atoms in total. The van der Waals surface area contributed by atoms with Gasteiger partial charge in [0.1, 0.15) is 6.04 Å². The predicted octanol–water partition coefficient (Wildman–Crippen LogP) is 4.38. The molecule has 0 bridgehead atoms. The molecule has 1 atom stereocenters. The van der Waals surface area contributed by atoms with Gasteiger partial charge in [-0.2, -0.15) is 0 Å². The third-order valence-corrected chi connectivity index (χ3v) is 5.78. The number of hydrogen-bond donors (Lipinski definition) is 1. The van der Waals surface area contributed by atoms with Crippen molar-refractivity contribution in [3.05, 3.63) is 99.5 Å². The molecule has 172 valence electrons. The summed E-state index contributed by atoms with van der Waals surface area (Å²) in [6, 6.07) is 18.5. The molecule has 3 aromatic rings. The summed E-state index contributed by atoms with van der Waals surface area (Å²) in [4.78, 5) is 52.2. The molecule has 0 saturated carbocycles. The Morgan fingerprint density at radius 2 is 1.50 bits per heavy atom. The van der Waals surface area contributed by atoms with E-state index in [9.17, 15) is 19.2 Å². The lowest BCUT2D eigenvalue weighted by Gasteiger charge is -2.24. The molecule has 0 aliphatic carbocycles. The molecular formula is C25H18Cl2N2O5. The van der Waals surface area contributed by atoms with E-state index in [1.807, 2.05) is 6.07 Å². The van der Waals surface area contributed by atoms with Gasteiger partial charge in [-0.3, -0.25) is 19.3 Å². The van der Waals surface area contributed by atoms with Crippen LogP contribution >= 0.6 is 23.2 Å². The minimum absolute atomic E-state index is 0.0375. The van der Waals surface area contributed by atoms with Crippen LogP contribution in [0.25, 0.3) is 0 Å². The number of hydrogen-bond acceptors (Lipinski definition) is 5. The van der Waals surface area contributed by atoms with Crippen LogP contribution in [0.3, 0.4) is 0 Å². The van der Waals surface area contributed by atoms with Gasteiger partial charge in [-0.05, 0) is 35.9 Å². The van der Waals surface area contributed by atoms with Gasteiger partial charge >= 0.3 is 5.97 Å². The number of benzene rings is 3. The first kappa shape index (κ1) is 23.5. The average molecular weight is 497 g/mol. The Morgan fingerprint density at radius 1 is 0.882 bits per heavy atom. The predicted molar refractivity (Wildman–Crippen MR) is 127 cm³/mol. The summed E-state index contributed by atoms with van der Waals surface area (Å²) in [7, 11) is 0. The molecule has 4 rings (SSSR count). The summed E-state index contributed by atoms with van der Waals surface area (Å²) in [5, 5.41) is 3.15. The molecule has 0 radical (unpaired) electrons. The fourth-order valence-electron chi connectivity index (χ4n) is 3.62. The van der Waals surface area contributed by atoms with E-state index in [-0.39, 0.29) is 22.6 Å². The number of carbonyl (C=O) groups excluding carboxylic acids is 4. The van der Waals surface area contributed by atoms with Gasteiger partial charge in [0.15, 0.2) is 6.61 Å². The highest BCUT2D eigenvalue weighted by Gasteiger charge is 2.43. The first-order valence-electron chi connectivity index (χ1n) is 10.3. The number of nitrogens with zero attached hydrogens (tertiary/aromatic N) is 1. The molecule has 0 saturated heterocycles. The SMILES string of the molecule is O=C(COC(=O)[C@@H](Cc1ccccc1)N1C(=O)c2ccccc2C1=O)Nc1ccc(Cl)cc1Cl. The second kappa shape index (κ2) is 10.1. The number of ether oxygens (including phenoxy) is 1. The Kier molecular flexibility index (Phi) is 6.95. The minimum Gasteiger partial charge on any atom is -0.454 e. The monoisotopic (exact) mass is 496 g/mol. The van der Waals surface area contributed by atoms with Crippen molar-refractivity contribution >= 4 is 52.6 Å². The number of imide groups is 1. The van der Waals surface area contributed by atoms with Crippen LogP contribution in [0.2, 0.25) is 10.0 Å². The van der Waals surface area contributed by atoms with Crippen LogP contribution in [0.5, 0.6) is 0 Å². The van der Waals surface area contributed by atoms with Crippen LogP contribution in [0.4, 0.5) is 5.69 Å². The summed E-state index contributed by atoms with van der Waals surface area (Å²) < 4.78 is 5.22. The molecule has 0 fully saturated rings. The van der Waals surface area contributed by atoms with Gasteiger partial charge in [0, 0.05) is 11.4 Å². The number of halogens is 2. The highest BCUT2D eigenvalue weighted by molar-refractivity contribution is 6.36. The van der Waals surface area contributed by atoms with Crippen molar-refractivity contribution in [2.45, 2.75) is 12.5 Å². The van der Waals surface area contributed by atoms with E-state index in [0.717, 1.165) is 10.5 Å². The molecule has 3 aromatic carbocycles. The number of amides is 3. The largest absolute Gasteiger partial charge is 0.454 e. The fourth-order valence-corrected chi connectivity index (χ4v) is 4.07. The fraction of sp³-hybridized carbons (Fsp3) is 0.120. The summed E-state index contributed by atoms with van der Waals surface area (Å²) in [6.45, 7) is -0.633. The molecule has 1 N–H and O–H groups in total. The third kappa shape index (κ3) is 4.95. The maximum atomic E-state index is 13.1. The zero-order valence-electron chi connectivity index (χ0n) is 17.7. The van der Waals surface area contributed by atoms with Crippen molar-refractivity contribution in [1.82, 2.24) is 4.90 Å². The molecule has 34 heavy (non-hydrogen) atoms. The van der Waals surface area contributed by atoms with Gasteiger partial charge in [-0.15, -0.1) is 0 Å². The molecule has 1 aliphatic rings. The summed E-state index contributed by atoms with van der Waals surface area (Å²) in [5.41, 5.74) is 1.45. The van der Waals surface area contributed by atoms with E-state index >= 15 is 0 Å². The lowest BCUT2D eigenvalue weighted by Crippen LogP contribution is -2.47. The number of anilines is 1. The maximum Gasteiger partial charge on any atom is 0.330 e. The van der Waals surface area contributed by atoms with E-state index < -0.39 is 36.3 Å². The first-order chi connectivity index (χ1) is 16.3. The zero-order chi connectivity index (χ0) is 24.2. The smallest absolute Gasteiger partial charge is 0.330 e. The van der Waals surface area contributed by atoms with Gasteiger partial charge < -0.3 is 10.1 Å². The molecule has 3 amide bonds. The van der Waals surface area contributed by atoms with Gasteiger partial charge in [-0.1, -0.05) is 65.7 Å². The van der Waals surface area contributed by atoms with E-state index in [1.54, 1.807) is 42.5 Å². The number of carbonyl (C=O) groups is 4. The molecule has 9 heteroatoms. The first-order valence-corrected chi connectivity index (χ1v) is 11.0. The third-order valence-electron chi connectivity index (χ3n) is 5.23. The van der Waals surface area contributed by atoms with Gasteiger partial charge in [0.25, 0.3) is 17.7 Å². The normalized spacial score (nSPS) is 13.4. The highest BCUT2D eigenvalue weighted by atomic mass is 35.5. The molecule has 0 spiro atoms. The van der Waals surface area contributed by atoms with Gasteiger partial charge in [-0.25, -0.2) is 4.79 Å². The lowest BCUT2D eigenvalue weighted by molar-refractivity contribution is -0.151.